The van der Waals surface area contributed by atoms with Gasteiger partial charge in [0.25, 0.3) is 5.79 Å². The number of carbonyl (C=O) groups excluding carboxylic acids is 2. The quantitative estimate of drug-likeness (QED) is 0.272. The standard InChI is InChI=1S/C15H10F2I2O9S/c16-15(17,29(22,23)24)13(21)26-9-3-11-14(4-10(9)25-11)27-8-2-7(19)6(18)1-5(8)12(20)28-14/h1-2,9-11H,3-4H2,(H,22,23,24)/p-1. The van der Waals surface area contributed by atoms with Gasteiger partial charge in [0, 0.05) is 13.6 Å². The number of ether oxygens (including phenoxy) is 4. The highest BCUT2D eigenvalue weighted by Gasteiger charge is 2.65. The molecule has 2 fully saturated rings. The number of hydrogen-bond donors (Lipinski definition) is 0. The molecule has 2 bridgehead atoms. The summed E-state index contributed by atoms with van der Waals surface area (Å²) in [7, 11) is -6.23. The van der Waals surface area contributed by atoms with E-state index in [1.54, 1.807) is 12.1 Å². The summed E-state index contributed by atoms with van der Waals surface area (Å²) in [5, 5.41) is -5.22. The fraction of sp³-hybridized carbons (Fsp3) is 0.467. The van der Waals surface area contributed by atoms with E-state index in [1.165, 1.54) is 0 Å². The number of rotatable bonds is 3. The SMILES string of the molecule is O=C1OC2(CC3OC2CC3OC(=O)C(F)(F)S(=O)(=O)[O-])Oc2cc(I)c(I)cc21. The minimum Gasteiger partial charge on any atom is -0.743 e. The van der Waals surface area contributed by atoms with Crippen LogP contribution in [0.1, 0.15) is 23.2 Å². The van der Waals surface area contributed by atoms with Gasteiger partial charge in [0.15, 0.2) is 10.1 Å². The number of esters is 2. The van der Waals surface area contributed by atoms with Crippen molar-refractivity contribution in [2.45, 2.75) is 42.2 Å². The lowest BCUT2D eigenvalue weighted by atomic mass is 9.90. The predicted octanol–water partition coefficient (Wildman–Crippen LogP) is 1.75. The molecule has 0 saturated carbocycles. The fourth-order valence-corrected chi connectivity index (χ4v) is 4.59. The smallest absolute Gasteiger partial charge is 0.428 e. The third-order valence-corrected chi connectivity index (χ3v) is 8.39. The van der Waals surface area contributed by atoms with E-state index in [1.807, 2.05) is 0 Å². The number of alkyl halides is 2. The van der Waals surface area contributed by atoms with E-state index in [9.17, 15) is 31.3 Å². The van der Waals surface area contributed by atoms with E-state index in [0.29, 0.717) is 0 Å². The summed E-state index contributed by atoms with van der Waals surface area (Å²) in [4.78, 5) is 23.9. The van der Waals surface area contributed by atoms with Crippen molar-refractivity contribution in [2.75, 3.05) is 0 Å². The van der Waals surface area contributed by atoms with Crippen LogP contribution in [0.4, 0.5) is 8.78 Å². The van der Waals surface area contributed by atoms with E-state index in [0.717, 1.165) is 7.14 Å². The molecule has 0 aliphatic carbocycles. The van der Waals surface area contributed by atoms with Gasteiger partial charge in [-0.15, -0.1) is 0 Å². The summed E-state index contributed by atoms with van der Waals surface area (Å²) in [6.07, 6.45) is -3.47. The molecule has 158 valence electrons. The molecule has 0 N–H and O–H groups in total. The van der Waals surface area contributed by atoms with Crippen molar-refractivity contribution >= 4 is 67.2 Å². The molecule has 4 unspecified atom stereocenters. The monoisotopic (exact) mass is 657 g/mol. The van der Waals surface area contributed by atoms with Gasteiger partial charge >= 0.3 is 17.2 Å². The number of carbonyl (C=O) groups is 2. The number of halogens is 4. The Morgan fingerprint density at radius 3 is 2.52 bits per heavy atom. The van der Waals surface area contributed by atoms with Crippen molar-refractivity contribution in [3.63, 3.8) is 0 Å². The molecule has 14 heteroatoms. The van der Waals surface area contributed by atoms with Crippen LogP contribution in [0.3, 0.4) is 0 Å². The molecule has 9 nitrogen and oxygen atoms in total. The third kappa shape index (κ3) is 3.39. The first-order valence-electron chi connectivity index (χ1n) is 7.95. The van der Waals surface area contributed by atoms with Crippen LogP contribution in [0.25, 0.3) is 0 Å². The molecule has 3 heterocycles. The topological polar surface area (TPSA) is 128 Å². The zero-order valence-corrected chi connectivity index (χ0v) is 19.0. The number of fused-ring (bicyclic) bond motifs is 4. The van der Waals surface area contributed by atoms with Crippen LogP contribution in [-0.2, 0) is 29.1 Å². The summed E-state index contributed by atoms with van der Waals surface area (Å²) in [6, 6.07) is 3.26. The third-order valence-electron chi connectivity index (χ3n) is 4.78. The van der Waals surface area contributed by atoms with Crippen molar-refractivity contribution in [3.05, 3.63) is 24.8 Å². The maximum atomic E-state index is 13.3. The van der Waals surface area contributed by atoms with Crippen LogP contribution in [0.2, 0.25) is 0 Å². The molecule has 0 aromatic heterocycles. The highest BCUT2D eigenvalue weighted by Crippen LogP contribution is 2.49. The lowest BCUT2D eigenvalue weighted by molar-refractivity contribution is -0.191. The van der Waals surface area contributed by atoms with E-state index in [-0.39, 0.29) is 24.2 Å². The van der Waals surface area contributed by atoms with Crippen molar-refractivity contribution in [1.29, 1.82) is 0 Å². The van der Waals surface area contributed by atoms with E-state index >= 15 is 0 Å². The molecular weight excluding hydrogens is 648 g/mol. The van der Waals surface area contributed by atoms with E-state index < -0.39 is 51.4 Å². The van der Waals surface area contributed by atoms with E-state index in [4.69, 9.17) is 14.2 Å². The van der Waals surface area contributed by atoms with E-state index in [2.05, 4.69) is 49.9 Å². The van der Waals surface area contributed by atoms with Gasteiger partial charge in [-0.05, 0) is 57.3 Å². The summed E-state index contributed by atoms with van der Waals surface area (Å²) >= 11 is 4.12. The average molecular weight is 657 g/mol. The van der Waals surface area contributed by atoms with Gasteiger partial charge in [-0.25, -0.2) is 18.0 Å². The average Bonchev–Trinajstić information content (AvgIpc) is 3.13. The molecule has 4 atom stereocenters. The van der Waals surface area contributed by atoms with Crippen LogP contribution >= 0.6 is 45.2 Å². The van der Waals surface area contributed by atoms with Crippen LogP contribution in [0, 0.1) is 7.14 Å². The Hall–Kier alpha value is -0.850. The molecule has 3 aliphatic rings. The minimum atomic E-state index is -6.23. The highest BCUT2D eigenvalue weighted by molar-refractivity contribution is 14.1. The van der Waals surface area contributed by atoms with Gasteiger partial charge in [-0.3, -0.25) is 0 Å². The first kappa shape index (κ1) is 21.4. The normalized spacial score (nSPS) is 30.7. The van der Waals surface area contributed by atoms with Crippen molar-refractivity contribution in [3.8, 4) is 5.75 Å². The maximum absolute atomic E-state index is 13.3. The summed E-state index contributed by atoms with van der Waals surface area (Å²) in [6.45, 7) is 0. The Morgan fingerprint density at radius 2 is 1.93 bits per heavy atom. The molecular formula is C15H9F2I2O9S-. The Balaban J connectivity index is 1.52. The molecule has 1 spiro atoms. The second-order valence-corrected chi connectivity index (χ2v) is 10.3. The van der Waals surface area contributed by atoms with Crippen LogP contribution in [-0.4, -0.2) is 54.3 Å². The van der Waals surface area contributed by atoms with Crippen molar-refractivity contribution in [2.24, 2.45) is 0 Å². The Morgan fingerprint density at radius 1 is 1.28 bits per heavy atom. The van der Waals surface area contributed by atoms with Crippen LogP contribution in [0.15, 0.2) is 12.1 Å². The molecule has 29 heavy (non-hydrogen) atoms. The van der Waals surface area contributed by atoms with Gasteiger partial charge in [-0.1, -0.05) is 0 Å². The van der Waals surface area contributed by atoms with Gasteiger partial charge in [0.05, 0.1) is 6.42 Å². The molecule has 0 amide bonds. The fourth-order valence-electron chi connectivity index (χ4n) is 3.43. The summed E-state index contributed by atoms with van der Waals surface area (Å²) in [5.41, 5.74) is 0.228. The molecule has 1 aromatic carbocycles. The molecule has 2 saturated heterocycles. The first-order chi connectivity index (χ1) is 13.3. The predicted molar refractivity (Wildman–Crippen MR) is 103 cm³/mol. The Labute approximate surface area is 189 Å². The lowest BCUT2D eigenvalue weighted by Crippen LogP contribution is -2.54. The molecule has 0 radical (unpaired) electrons. The van der Waals surface area contributed by atoms with Gasteiger partial charge in [-0.2, -0.15) is 8.78 Å². The zero-order valence-electron chi connectivity index (χ0n) is 13.9. The maximum Gasteiger partial charge on any atom is 0.428 e. The largest absolute Gasteiger partial charge is 0.743 e. The number of hydrogen-bond acceptors (Lipinski definition) is 9. The van der Waals surface area contributed by atoms with Gasteiger partial charge in [0.2, 0.25) is 0 Å². The van der Waals surface area contributed by atoms with Crippen LogP contribution in [0.5, 0.6) is 5.75 Å². The van der Waals surface area contributed by atoms with Crippen molar-refractivity contribution < 1.29 is 50.3 Å². The van der Waals surface area contributed by atoms with Gasteiger partial charge < -0.3 is 23.5 Å². The first-order valence-corrected chi connectivity index (χ1v) is 11.5. The Bertz CT molecular complexity index is 1030. The molecule has 3 aliphatic heterocycles. The Kier molecular flexibility index (Phi) is 5.03. The number of benzene rings is 1. The highest BCUT2D eigenvalue weighted by atomic mass is 127. The summed E-state index contributed by atoms with van der Waals surface area (Å²) in [5.74, 6) is -4.35. The molecule has 4 rings (SSSR count). The van der Waals surface area contributed by atoms with Gasteiger partial charge in [0.1, 0.15) is 29.6 Å². The second-order valence-electron chi connectivity index (χ2n) is 6.58. The second kappa shape index (κ2) is 6.83. The van der Waals surface area contributed by atoms with Crippen LogP contribution < -0.4 is 4.74 Å². The minimum absolute atomic E-state index is 0.126. The summed E-state index contributed by atoms with van der Waals surface area (Å²) < 4.78 is 81.4. The van der Waals surface area contributed by atoms with Crippen molar-refractivity contribution in [1.82, 2.24) is 0 Å². The zero-order chi connectivity index (χ0) is 21.4. The molecule has 1 aromatic rings. The lowest BCUT2D eigenvalue weighted by Gasteiger charge is -2.39.